The van der Waals surface area contributed by atoms with Gasteiger partial charge in [-0.3, -0.25) is 0 Å². The van der Waals surface area contributed by atoms with Crippen LogP contribution in [0.15, 0.2) is 24.3 Å². The smallest absolute Gasteiger partial charge is 0.214 e. The lowest BCUT2D eigenvalue weighted by atomic mass is 9.82. The maximum atomic E-state index is 12.5. The van der Waals surface area contributed by atoms with Crippen LogP contribution in [0.4, 0.5) is 0 Å². The summed E-state index contributed by atoms with van der Waals surface area (Å²) in [5.74, 6) is 1.53. The molecule has 2 N–H and O–H groups in total. The third-order valence-electron chi connectivity index (χ3n) is 6.85. The van der Waals surface area contributed by atoms with E-state index in [2.05, 4.69) is 28.2 Å². The van der Waals surface area contributed by atoms with Crippen LogP contribution in [0.25, 0.3) is 0 Å². The van der Waals surface area contributed by atoms with Crippen LogP contribution < -0.4 is 14.8 Å². The quantitative estimate of drug-likeness (QED) is 0.562. The van der Waals surface area contributed by atoms with E-state index >= 15 is 0 Å². The molecule has 0 spiro atoms. The van der Waals surface area contributed by atoms with Gasteiger partial charge in [0.05, 0.1) is 24.6 Å². The molecule has 1 aromatic carbocycles. The first-order valence-electron chi connectivity index (χ1n) is 12.0. The minimum Gasteiger partial charge on any atom is -0.494 e. The van der Waals surface area contributed by atoms with Gasteiger partial charge in [0, 0.05) is 12.1 Å². The van der Waals surface area contributed by atoms with Crippen molar-refractivity contribution in [3.8, 4) is 5.75 Å². The Hall–Kier alpha value is -1.15. The molecule has 0 unspecified atom stereocenters. The number of hydrogen-bond acceptors (Lipinski definition) is 5. The molecule has 1 heterocycles. The molecule has 0 bridgehead atoms. The van der Waals surface area contributed by atoms with E-state index in [1.807, 2.05) is 19.9 Å². The number of piperidine rings is 1. The minimum absolute atomic E-state index is 0.0315. The van der Waals surface area contributed by atoms with Crippen LogP contribution in [-0.4, -0.2) is 51.6 Å². The first-order valence-corrected chi connectivity index (χ1v) is 13.6. The van der Waals surface area contributed by atoms with Gasteiger partial charge in [-0.25, -0.2) is 13.1 Å². The van der Waals surface area contributed by atoms with E-state index in [1.165, 1.54) is 5.56 Å². The largest absolute Gasteiger partial charge is 0.494 e. The molecular formula is C24H40N2O4S. The van der Waals surface area contributed by atoms with Gasteiger partial charge in [-0.15, -0.1) is 0 Å². The zero-order chi connectivity index (χ0) is 22.3. The Morgan fingerprint density at radius 1 is 1.13 bits per heavy atom. The summed E-state index contributed by atoms with van der Waals surface area (Å²) < 4.78 is 40.1. The average molecular weight is 453 g/mol. The second kappa shape index (κ2) is 11.6. The normalized spacial score (nSPS) is 28.2. The minimum atomic E-state index is -3.29. The van der Waals surface area contributed by atoms with Crippen molar-refractivity contribution in [3.05, 3.63) is 29.8 Å². The van der Waals surface area contributed by atoms with Gasteiger partial charge in [-0.1, -0.05) is 25.1 Å². The zero-order valence-electron chi connectivity index (χ0n) is 19.3. The lowest BCUT2D eigenvalue weighted by molar-refractivity contribution is 0.00508. The topological polar surface area (TPSA) is 76.7 Å². The fraction of sp³-hybridized carbons (Fsp3) is 0.750. The summed E-state index contributed by atoms with van der Waals surface area (Å²) in [6.07, 6.45) is 6.94. The monoisotopic (exact) mass is 452 g/mol. The maximum absolute atomic E-state index is 12.5. The van der Waals surface area contributed by atoms with Gasteiger partial charge < -0.3 is 14.8 Å². The maximum Gasteiger partial charge on any atom is 0.214 e. The van der Waals surface area contributed by atoms with Gasteiger partial charge in [0.2, 0.25) is 10.0 Å². The highest BCUT2D eigenvalue weighted by molar-refractivity contribution is 7.90. The number of ether oxygens (including phenoxy) is 2. The second-order valence-corrected chi connectivity index (χ2v) is 11.1. The van der Waals surface area contributed by atoms with Crippen molar-refractivity contribution in [2.45, 2.75) is 95.1 Å². The summed E-state index contributed by atoms with van der Waals surface area (Å²) in [7, 11) is -3.29. The first-order chi connectivity index (χ1) is 14.9. The van der Waals surface area contributed by atoms with Gasteiger partial charge >= 0.3 is 0 Å². The molecule has 1 aliphatic carbocycles. The van der Waals surface area contributed by atoms with Gasteiger partial charge in [-0.2, -0.15) is 0 Å². The number of rotatable bonds is 10. The molecule has 7 heteroatoms. The molecule has 3 rings (SSSR count). The number of sulfonamides is 1. The fourth-order valence-corrected chi connectivity index (χ4v) is 6.08. The third kappa shape index (κ3) is 6.67. The van der Waals surface area contributed by atoms with E-state index in [-0.39, 0.29) is 23.4 Å². The van der Waals surface area contributed by atoms with Crippen molar-refractivity contribution in [1.29, 1.82) is 0 Å². The van der Waals surface area contributed by atoms with Crippen LogP contribution in [0.5, 0.6) is 5.75 Å². The molecule has 31 heavy (non-hydrogen) atoms. The molecule has 0 aromatic heterocycles. The summed E-state index contributed by atoms with van der Waals surface area (Å²) in [6.45, 7) is 7.86. The molecular weight excluding hydrogens is 412 g/mol. The fourth-order valence-electron chi connectivity index (χ4n) is 4.70. The van der Waals surface area contributed by atoms with Crippen LogP contribution in [-0.2, 0) is 14.8 Å². The van der Waals surface area contributed by atoms with Gasteiger partial charge in [0.1, 0.15) is 5.75 Å². The predicted octanol–water partition coefficient (Wildman–Crippen LogP) is 3.97. The van der Waals surface area contributed by atoms with Crippen molar-refractivity contribution in [1.82, 2.24) is 10.0 Å². The van der Waals surface area contributed by atoms with E-state index in [0.717, 1.165) is 50.8 Å². The third-order valence-corrected chi connectivity index (χ3v) is 8.87. The molecule has 2 aliphatic rings. The zero-order valence-corrected chi connectivity index (χ0v) is 20.1. The van der Waals surface area contributed by atoms with Crippen molar-refractivity contribution in [3.63, 3.8) is 0 Å². The highest BCUT2D eigenvalue weighted by Gasteiger charge is 2.32. The summed E-state index contributed by atoms with van der Waals surface area (Å²) in [4.78, 5) is 0. The Bertz CT molecular complexity index is 778. The highest BCUT2D eigenvalue weighted by atomic mass is 32.2. The van der Waals surface area contributed by atoms with Crippen LogP contribution in [0, 0.1) is 0 Å². The lowest BCUT2D eigenvalue weighted by Gasteiger charge is -2.36. The van der Waals surface area contributed by atoms with Crippen LogP contribution in [0.2, 0.25) is 0 Å². The van der Waals surface area contributed by atoms with E-state index in [9.17, 15) is 8.42 Å². The predicted molar refractivity (Wildman–Crippen MR) is 125 cm³/mol. The van der Waals surface area contributed by atoms with Crippen molar-refractivity contribution in [2.75, 3.05) is 19.8 Å². The van der Waals surface area contributed by atoms with Crippen LogP contribution in [0.3, 0.4) is 0 Å². The highest BCUT2D eigenvalue weighted by Crippen LogP contribution is 2.38. The van der Waals surface area contributed by atoms with Gasteiger partial charge in [0.15, 0.2) is 0 Å². The molecule has 0 radical (unpaired) electrons. The molecule has 2 fully saturated rings. The Balaban J connectivity index is 1.50. The number of hydrogen-bond donors (Lipinski definition) is 2. The Morgan fingerprint density at radius 3 is 2.58 bits per heavy atom. The molecule has 176 valence electrons. The Morgan fingerprint density at radius 2 is 1.87 bits per heavy atom. The molecule has 1 aromatic rings. The molecule has 1 aliphatic heterocycles. The second-order valence-electron chi connectivity index (χ2n) is 8.97. The van der Waals surface area contributed by atoms with Crippen LogP contribution in [0.1, 0.15) is 77.2 Å². The summed E-state index contributed by atoms with van der Waals surface area (Å²) in [6, 6.07) is 8.32. The van der Waals surface area contributed by atoms with Gasteiger partial charge in [0.25, 0.3) is 0 Å². The lowest BCUT2D eigenvalue weighted by Crippen LogP contribution is -2.56. The Kier molecular flexibility index (Phi) is 9.19. The number of benzene rings is 1. The Labute approximate surface area is 188 Å². The molecule has 1 saturated carbocycles. The summed E-state index contributed by atoms with van der Waals surface area (Å²) >= 11 is 0. The molecule has 6 nitrogen and oxygen atoms in total. The van der Waals surface area contributed by atoms with E-state index in [1.54, 1.807) is 6.92 Å². The van der Waals surface area contributed by atoms with Crippen molar-refractivity contribution in [2.24, 2.45) is 0 Å². The molecule has 1 saturated heterocycles. The number of nitrogens with one attached hydrogen (secondary N) is 2. The summed E-state index contributed by atoms with van der Waals surface area (Å²) in [5, 5.41) is 3.11. The van der Waals surface area contributed by atoms with Crippen molar-refractivity contribution >= 4 is 10.0 Å². The van der Waals surface area contributed by atoms with Crippen molar-refractivity contribution < 1.29 is 17.9 Å². The average Bonchev–Trinajstić information content (AvgIpc) is 2.78. The number of para-hydroxylation sites is 1. The molecule has 3 atom stereocenters. The van der Waals surface area contributed by atoms with Crippen LogP contribution >= 0.6 is 0 Å². The first kappa shape index (κ1) is 24.5. The summed E-state index contributed by atoms with van der Waals surface area (Å²) in [5.41, 5.74) is 1.32. The van der Waals surface area contributed by atoms with E-state index in [4.69, 9.17) is 9.47 Å². The van der Waals surface area contributed by atoms with E-state index < -0.39 is 10.0 Å². The van der Waals surface area contributed by atoms with E-state index in [0.29, 0.717) is 25.6 Å². The SMILES string of the molecule is CCOc1ccccc1C1CCC(OC[C@@H]2NCCC[C@@H]2NS(=O)(=O)[C@H](C)CC)CC1. The standard InChI is InChI=1S/C24H40N2O4S/c1-4-18(3)31(27,28)26-22-10-8-16-25-23(22)17-30-20-14-12-19(13-15-20)21-9-6-7-11-24(21)29-5-2/h6-7,9,11,18-20,22-23,25-26H,4-5,8,10,12-17H2,1-3H3/t18-,19?,20?,22+,23+/m1/s1. The molecule has 0 amide bonds. The van der Waals surface area contributed by atoms with Gasteiger partial charge in [-0.05, 0) is 82.9 Å².